The summed E-state index contributed by atoms with van der Waals surface area (Å²) in [5.41, 5.74) is 3.71. The zero-order chi connectivity index (χ0) is 31.6. The number of carboxylic acid groups (broad SMARTS) is 1. The molecule has 1 saturated heterocycles. The number of carbonyl (C=O) groups excluding carboxylic acids is 3. The molecule has 2 atom stereocenters. The van der Waals surface area contributed by atoms with Crippen LogP contribution in [0.1, 0.15) is 26.5 Å². The summed E-state index contributed by atoms with van der Waals surface area (Å²) in [7, 11) is 1.50. The minimum absolute atomic E-state index is 0. The van der Waals surface area contributed by atoms with Crippen LogP contribution in [0.3, 0.4) is 0 Å². The molecule has 2 amide bonds. The van der Waals surface area contributed by atoms with Crippen LogP contribution in [0.4, 0.5) is 5.13 Å². The van der Waals surface area contributed by atoms with E-state index in [1.165, 1.54) is 28.9 Å². The van der Waals surface area contributed by atoms with E-state index in [-0.39, 0.29) is 68.6 Å². The van der Waals surface area contributed by atoms with E-state index < -0.39 is 58.6 Å². The number of nitrogens with one attached hydrogen (secondary N) is 1. The van der Waals surface area contributed by atoms with Crippen molar-refractivity contribution in [3.05, 3.63) is 32.7 Å². The number of nitrogens with two attached hydrogens (primary N) is 1. The van der Waals surface area contributed by atoms with Gasteiger partial charge in [-0.1, -0.05) is 16.9 Å². The van der Waals surface area contributed by atoms with Gasteiger partial charge in [0.25, 0.3) is 11.8 Å². The van der Waals surface area contributed by atoms with Gasteiger partial charge in [0, 0.05) is 23.9 Å². The van der Waals surface area contributed by atoms with Crippen molar-refractivity contribution in [2.45, 2.75) is 37.3 Å². The first-order valence-corrected chi connectivity index (χ1v) is 15.2. The summed E-state index contributed by atoms with van der Waals surface area (Å²) in [5.74, 6) is -3.56. The fraction of sp³-hybridized carbons (Fsp3) is 0.435. The number of carboxylic acids is 1. The van der Waals surface area contributed by atoms with E-state index in [0.29, 0.717) is 5.57 Å². The Balaban J connectivity index is 0.00000529. The summed E-state index contributed by atoms with van der Waals surface area (Å²) in [6.45, 7) is 4.46. The minimum atomic E-state index is -1.34. The quantitative estimate of drug-likeness (QED) is 0.0351. The van der Waals surface area contributed by atoms with Crippen molar-refractivity contribution in [2.75, 3.05) is 24.0 Å². The van der Waals surface area contributed by atoms with Gasteiger partial charge in [0.2, 0.25) is 6.79 Å². The third-order valence-corrected chi connectivity index (χ3v) is 9.01. The summed E-state index contributed by atoms with van der Waals surface area (Å²) in [6.07, 6.45) is 0. The molecule has 0 saturated carbocycles. The van der Waals surface area contributed by atoms with Crippen molar-refractivity contribution >= 4 is 99.0 Å². The molecule has 2 aliphatic heterocycles. The van der Waals surface area contributed by atoms with Crippen LogP contribution in [-0.4, -0.2) is 124 Å². The number of aryl methyl sites for hydroxylation is 1. The van der Waals surface area contributed by atoms with Gasteiger partial charge in [-0.15, -0.1) is 28.2 Å². The number of aliphatic carboxylic acids is 1. The predicted molar refractivity (Wildman–Crippen MR) is 161 cm³/mol. The van der Waals surface area contributed by atoms with Gasteiger partial charge in [-0.05, 0) is 26.3 Å². The van der Waals surface area contributed by atoms with E-state index in [0.717, 1.165) is 28.0 Å². The van der Waals surface area contributed by atoms with Gasteiger partial charge >= 0.3 is 52.9 Å². The van der Waals surface area contributed by atoms with Crippen LogP contribution in [0.5, 0.6) is 5.88 Å². The Labute approximate surface area is 283 Å². The molecule has 0 bridgehead atoms. The summed E-state index contributed by atoms with van der Waals surface area (Å²) >= 11 is 3.28. The second-order valence-electron chi connectivity index (χ2n) is 10.00. The molecule has 232 valence electrons. The van der Waals surface area contributed by atoms with Crippen LogP contribution < -0.4 is 21.3 Å². The van der Waals surface area contributed by atoms with Crippen LogP contribution in [-0.2, 0) is 31.0 Å². The summed E-state index contributed by atoms with van der Waals surface area (Å²) in [5, 5.41) is 29.7. The molecule has 0 unspecified atom stereocenters. The molecule has 2 aromatic heterocycles. The predicted octanol–water partition coefficient (Wildman–Crippen LogP) is -0.800. The number of esters is 1. The van der Waals surface area contributed by atoms with Gasteiger partial charge in [-0.2, -0.15) is 4.98 Å². The van der Waals surface area contributed by atoms with Gasteiger partial charge < -0.3 is 30.8 Å². The van der Waals surface area contributed by atoms with Crippen LogP contribution in [0.2, 0.25) is 0 Å². The zero-order valence-corrected chi connectivity index (χ0v) is 25.5. The first kappa shape index (κ1) is 35.3. The van der Waals surface area contributed by atoms with Gasteiger partial charge in [-0.25, -0.2) is 14.5 Å². The second kappa shape index (κ2) is 14.3. The maximum absolute atomic E-state index is 13.0. The molecule has 17 nitrogen and oxygen atoms in total. The number of thiazole rings is 1. The number of carbonyl (C=O) groups is 4. The van der Waals surface area contributed by atoms with Crippen LogP contribution >= 0.6 is 34.9 Å². The van der Waals surface area contributed by atoms with E-state index in [1.54, 1.807) is 20.8 Å². The van der Waals surface area contributed by atoms with E-state index in [1.807, 2.05) is 0 Å². The zero-order valence-electron chi connectivity index (χ0n) is 23.1. The molecular weight excluding hydrogens is 651 g/mol. The Kier molecular flexibility index (Phi) is 11.5. The summed E-state index contributed by atoms with van der Waals surface area (Å²) in [6, 6.07) is -1.07. The molecule has 0 aliphatic carbocycles. The fourth-order valence-electron chi connectivity index (χ4n) is 3.77. The van der Waals surface area contributed by atoms with E-state index in [4.69, 9.17) is 15.2 Å². The number of ether oxygens (including phenoxy) is 2. The van der Waals surface area contributed by atoms with Gasteiger partial charge in [0.15, 0.2) is 16.0 Å². The van der Waals surface area contributed by atoms with Crippen molar-refractivity contribution in [3.8, 4) is 5.88 Å². The SMILES string of the molecule is Cn1nc(OCOC(=O)C(C)(C)C)c(=O)nc1SCC1=C(C(=O)O)N2C(=O)[C@@H](NC(=O)C(=NO)c3csc(N)n3)[C@H]2SC1.[NaH]. The number of nitrogens with zero attached hydrogens (tertiary/aromatic N) is 6. The van der Waals surface area contributed by atoms with Crippen molar-refractivity contribution < 1.29 is 39.0 Å². The van der Waals surface area contributed by atoms with Crippen molar-refractivity contribution in [3.63, 3.8) is 0 Å². The number of amides is 2. The van der Waals surface area contributed by atoms with Crippen LogP contribution in [0.15, 0.2) is 31.8 Å². The Hall–Kier alpha value is -3.17. The van der Waals surface area contributed by atoms with E-state index in [2.05, 4.69) is 25.5 Å². The third-order valence-electron chi connectivity index (χ3n) is 5.89. The van der Waals surface area contributed by atoms with Gasteiger partial charge in [-0.3, -0.25) is 24.1 Å². The average molecular weight is 679 g/mol. The number of hydrogen-bond donors (Lipinski definition) is 4. The number of rotatable bonds is 10. The van der Waals surface area contributed by atoms with Crippen LogP contribution in [0, 0.1) is 5.41 Å². The number of fused-ring (bicyclic) bond motifs is 1. The number of hydrogen-bond acceptors (Lipinski definition) is 16. The molecule has 4 heterocycles. The molecule has 1 fully saturated rings. The van der Waals surface area contributed by atoms with Crippen molar-refractivity contribution in [1.29, 1.82) is 0 Å². The monoisotopic (exact) mass is 678 g/mol. The number of nitrogen functional groups attached to an aromatic ring is 1. The summed E-state index contributed by atoms with van der Waals surface area (Å²) in [4.78, 5) is 71.1. The molecular formula is C23H27N8NaO9S3. The second-order valence-corrected chi connectivity index (χ2v) is 12.9. The molecule has 4 rings (SSSR count). The number of oxime groups is 1. The fourth-order valence-corrected chi connectivity index (χ4v) is 6.71. The molecule has 5 N–H and O–H groups in total. The maximum atomic E-state index is 13.0. The first-order valence-electron chi connectivity index (χ1n) is 12.2. The molecule has 21 heteroatoms. The third kappa shape index (κ3) is 7.54. The van der Waals surface area contributed by atoms with Crippen LogP contribution in [0.25, 0.3) is 0 Å². The molecule has 2 aliphatic rings. The molecule has 44 heavy (non-hydrogen) atoms. The topological polar surface area (TPSA) is 242 Å². The van der Waals surface area contributed by atoms with Gasteiger partial charge in [0.1, 0.15) is 22.8 Å². The molecule has 0 radical (unpaired) electrons. The Morgan fingerprint density at radius 3 is 2.57 bits per heavy atom. The summed E-state index contributed by atoms with van der Waals surface area (Å²) < 4.78 is 11.4. The van der Waals surface area contributed by atoms with Gasteiger partial charge in [0.05, 0.1) is 5.41 Å². The van der Waals surface area contributed by atoms with Crippen molar-refractivity contribution in [1.82, 2.24) is 30.0 Å². The molecule has 0 aromatic carbocycles. The number of β-lactam (4-membered cyclic amide) rings is 1. The van der Waals surface area contributed by atoms with Crippen molar-refractivity contribution in [2.24, 2.45) is 17.6 Å². The molecule has 0 spiro atoms. The number of aromatic nitrogens is 4. The normalized spacial score (nSPS) is 18.1. The first-order chi connectivity index (χ1) is 20.2. The van der Waals surface area contributed by atoms with E-state index in [9.17, 15) is 34.3 Å². The van der Waals surface area contributed by atoms with E-state index >= 15 is 0 Å². The standard InChI is InChI=1S/C23H26N8O9S3.Na.H/c1-23(2,3)20(37)40-8-39-16-15(33)27-22(30(4)28-16)43-6-9-5-41-18-12(17(34)31(18)13(9)19(35)36)26-14(32)11(29-38)10-7-42-21(24)25-10;;/h7,12,18,38H,5-6,8H2,1-4H3,(H2,24,25)(H,26,32)(H,35,36);;/t12-,18-;;/m1../s1. The Bertz CT molecular complexity index is 1600. The average Bonchev–Trinajstić information content (AvgIpc) is 3.37. The number of thioether (sulfide) groups is 2. The Morgan fingerprint density at radius 1 is 1.27 bits per heavy atom. The Morgan fingerprint density at radius 2 is 1.98 bits per heavy atom. The number of anilines is 1. The molecule has 2 aromatic rings.